The first-order valence-electron chi connectivity index (χ1n) is 4.31. The molecule has 0 rings (SSSR count). The molecule has 0 aromatic heterocycles. The Bertz CT molecular complexity index is 143. The molecule has 0 saturated carbocycles. The maximum Gasteiger partial charge on any atom is 0.132 e. The third kappa shape index (κ3) is 2.89. The number of likely N-dealkylation sites (N-methyl/N-ethyl adjacent to an activating group) is 3. The van der Waals surface area contributed by atoms with Gasteiger partial charge < -0.3 is 15.5 Å². The standard InChI is InChI=1S/C8H21N3O2/c1-7(12,10-4)6(9-3)8(2,13)11-5/h6,9-13H,1-5H3. The molecule has 5 N–H and O–H groups in total. The average Bonchev–Trinajstić information content (AvgIpc) is 2.05. The first kappa shape index (κ1) is 12.8. The van der Waals surface area contributed by atoms with Crippen molar-refractivity contribution in [2.45, 2.75) is 31.3 Å². The lowest BCUT2D eigenvalue weighted by molar-refractivity contribution is -0.105. The second-order valence-corrected chi connectivity index (χ2v) is 3.52. The Morgan fingerprint density at radius 2 is 1.23 bits per heavy atom. The highest BCUT2D eigenvalue weighted by molar-refractivity contribution is 4.95. The lowest BCUT2D eigenvalue weighted by atomic mass is 9.95. The van der Waals surface area contributed by atoms with Crippen LogP contribution >= 0.6 is 0 Å². The van der Waals surface area contributed by atoms with Gasteiger partial charge in [-0.3, -0.25) is 10.6 Å². The molecule has 0 radical (unpaired) electrons. The van der Waals surface area contributed by atoms with E-state index < -0.39 is 17.5 Å². The Balaban J connectivity index is 4.69. The predicted molar refractivity (Wildman–Crippen MR) is 52.2 cm³/mol. The summed E-state index contributed by atoms with van der Waals surface area (Å²) >= 11 is 0. The monoisotopic (exact) mass is 191 g/mol. The molecule has 0 aliphatic carbocycles. The summed E-state index contributed by atoms with van der Waals surface area (Å²) in [5.41, 5.74) is -2.36. The van der Waals surface area contributed by atoms with Gasteiger partial charge in [-0.15, -0.1) is 0 Å². The summed E-state index contributed by atoms with van der Waals surface area (Å²) in [7, 11) is 4.95. The highest BCUT2D eigenvalue weighted by atomic mass is 16.3. The Kier molecular flexibility index (Phi) is 4.28. The quantitative estimate of drug-likeness (QED) is 0.339. The third-order valence-corrected chi connectivity index (χ3v) is 2.43. The van der Waals surface area contributed by atoms with Gasteiger partial charge in [-0.2, -0.15) is 0 Å². The van der Waals surface area contributed by atoms with E-state index >= 15 is 0 Å². The number of nitrogens with one attached hydrogen (secondary N) is 3. The van der Waals surface area contributed by atoms with Gasteiger partial charge in [0.25, 0.3) is 0 Å². The Labute approximate surface area is 79.5 Å². The molecule has 0 bridgehead atoms. The van der Waals surface area contributed by atoms with Gasteiger partial charge in [0.2, 0.25) is 0 Å². The Morgan fingerprint density at radius 3 is 1.38 bits per heavy atom. The molecule has 13 heavy (non-hydrogen) atoms. The van der Waals surface area contributed by atoms with E-state index in [1.54, 1.807) is 35.0 Å². The molecule has 5 nitrogen and oxygen atoms in total. The van der Waals surface area contributed by atoms with E-state index in [-0.39, 0.29) is 0 Å². The fourth-order valence-electron chi connectivity index (χ4n) is 1.40. The van der Waals surface area contributed by atoms with Crippen LogP contribution in [0.5, 0.6) is 0 Å². The minimum atomic E-state index is -1.18. The van der Waals surface area contributed by atoms with Crippen molar-refractivity contribution in [1.29, 1.82) is 0 Å². The molecule has 0 aliphatic heterocycles. The molecule has 0 aromatic rings. The largest absolute Gasteiger partial charge is 0.374 e. The van der Waals surface area contributed by atoms with E-state index in [0.717, 1.165) is 0 Å². The first-order chi connectivity index (χ1) is 5.81. The summed E-state index contributed by atoms with van der Waals surface area (Å²) in [5.74, 6) is 0. The summed E-state index contributed by atoms with van der Waals surface area (Å²) in [5, 5.41) is 28.1. The van der Waals surface area contributed by atoms with E-state index in [2.05, 4.69) is 16.0 Å². The fourth-order valence-corrected chi connectivity index (χ4v) is 1.40. The molecule has 0 spiro atoms. The van der Waals surface area contributed by atoms with Crippen molar-refractivity contribution in [3.63, 3.8) is 0 Å². The van der Waals surface area contributed by atoms with Crippen LogP contribution in [0.15, 0.2) is 0 Å². The van der Waals surface area contributed by atoms with E-state index in [9.17, 15) is 10.2 Å². The molecule has 0 amide bonds. The number of hydrogen-bond donors (Lipinski definition) is 5. The molecular weight excluding hydrogens is 170 g/mol. The van der Waals surface area contributed by atoms with Crippen LogP contribution in [0, 0.1) is 0 Å². The second-order valence-electron chi connectivity index (χ2n) is 3.52. The molecule has 80 valence electrons. The van der Waals surface area contributed by atoms with Gasteiger partial charge in [-0.05, 0) is 35.0 Å². The zero-order valence-electron chi connectivity index (χ0n) is 8.97. The minimum absolute atomic E-state index is 0.519. The van der Waals surface area contributed by atoms with Crippen molar-refractivity contribution >= 4 is 0 Å². The zero-order chi connectivity index (χ0) is 10.7. The van der Waals surface area contributed by atoms with Crippen LogP contribution < -0.4 is 16.0 Å². The van der Waals surface area contributed by atoms with Crippen LogP contribution in [-0.4, -0.2) is 48.8 Å². The molecule has 0 aromatic carbocycles. The smallest absolute Gasteiger partial charge is 0.132 e. The zero-order valence-corrected chi connectivity index (χ0v) is 8.97. The lowest BCUT2D eigenvalue weighted by Gasteiger charge is -2.41. The summed E-state index contributed by atoms with van der Waals surface area (Å²) in [6.45, 7) is 3.19. The minimum Gasteiger partial charge on any atom is -0.374 e. The number of hydrogen-bond acceptors (Lipinski definition) is 5. The van der Waals surface area contributed by atoms with Gasteiger partial charge in [0, 0.05) is 0 Å². The van der Waals surface area contributed by atoms with Gasteiger partial charge in [-0.25, -0.2) is 0 Å². The lowest BCUT2D eigenvalue weighted by Crippen LogP contribution is -2.69. The third-order valence-electron chi connectivity index (χ3n) is 2.43. The topological polar surface area (TPSA) is 76.5 Å². The van der Waals surface area contributed by atoms with Crippen LogP contribution in [0.1, 0.15) is 13.8 Å². The first-order valence-corrected chi connectivity index (χ1v) is 4.31. The second kappa shape index (κ2) is 4.34. The summed E-state index contributed by atoms with van der Waals surface area (Å²) in [6.07, 6.45) is 0. The average molecular weight is 191 g/mol. The van der Waals surface area contributed by atoms with Gasteiger partial charge >= 0.3 is 0 Å². The van der Waals surface area contributed by atoms with Crippen LogP contribution in [0.3, 0.4) is 0 Å². The molecule has 2 atom stereocenters. The summed E-state index contributed by atoms with van der Waals surface area (Å²) in [4.78, 5) is 0. The summed E-state index contributed by atoms with van der Waals surface area (Å²) < 4.78 is 0. The predicted octanol–water partition coefficient (Wildman–Crippen LogP) is -1.57. The van der Waals surface area contributed by atoms with Gasteiger partial charge in [-0.1, -0.05) is 0 Å². The van der Waals surface area contributed by atoms with Crippen LogP contribution in [0.25, 0.3) is 0 Å². The number of aliphatic hydroxyl groups is 2. The van der Waals surface area contributed by atoms with E-state index in [0.29, 0.717) is 0 Å². The van der Waals surface area contributed by atoms with Crippen molar-refractivity contribution in [2.24, 2.45) is 0 Å². The van der Waals surface area contributed by atoms with E-state index in [1.165, 1.54) is 0 Å². The number of rotatable bonds is 5. The van der Waals surface area contributed by atoms with Crippen molar-refractivity contribution in [3.05, 3.63) is 0 Å². The van der Waals surface area contributed by atoms with Crippen LogP contribution in [-0.2, 0) is 0 Å². The van der Waals surface area contributed by atoms with Crippen molar-refractivity contribution < 1.29 is 10.2 Å². The SMILES string of the molecule is CNC(C(C)(O)NC)C(C)(O)NC. The van der Waals surface area contributed by atoms with Crippen molar-refractivity contribution in [3.8, 4) is 0 Å². The van der Waals surface area contributed by atoms with Gasteiger partial charge in [0.15, 0.2) is 0 Å². The van der Waals surface area contributed by atoms with Crippen molar-refractivity contribution in [1.82, 2.24) is 16.0 Å². The van der Waals surface area contributed by atoms with Crippen molar-refractivity contribution in [2.75, 3.05) is 21.1 Å². The molecule has 0 aliphatic rings. The normalized spacial score (nSPS) is 23.3. The molecular formula is C8H21N3O2. The van der Waals surface area contributed by atoms with Crippen LogP contribution in [0.4, 0.5) is 0 Å². The molecule has 5 heteroatoms. The Hall–Kier alpha value is -0.200. The van der Waals surface area contributed by atoms with E-state index in [1.807, 2.05) is 0 Å². The fraction of sp³-hybridized carbons (Fsp3) is 1.00. The molecule has 0 fully saturated rings. The summed E-state index contributed by atoms with van der Waals surface area (Å²) in [6, 6.07) is -0.519. The Morgan fingerprint density at radius 1 is 0.923 bits per heavy atom. The van der Waals surface area contributed by atoms with Gasteiger partial charge in [0.1, 0.15) is 11.4 Å². The van der Waals surface area contributed by atoms with E-state index in [4.69, 9.17) is 0 Å². The maximum atomic E-state index is 9.88. The molecule has 2 unspecified atom stereocenters. The molecule has 0 saturated heterocycles. The maximum absolute atomic E-state index is 9.88. The highest BCUT2D eigenvalue weighted by Crippen LogP contribution is 2.15. The highest BCUT2D eigenvalue weighted by Gasteiger charge is 2.41. The van der Waals surface area contributed by atoms with Crippen LogP contribution in [0.2, 0.25) is 0 Å². The molecule has 0 heterocycles. The van der Waals surface area contributed by atoms with Gasteiger partial charge in [0.05, 0.1) is 6.04 Å².